The van der Waals surface area contributed by atoms with Crippen LogP contribution in [0.1, 0.15) is 29.8 Å². The molecule has 9 heteroatoms. The fraction of sp³-hybridized carbons (Fsp3) is 0.143. The number of ketones is 1. The summed E-state index contributed by atoms with van der Waals surface area (Å²) in [5.41, 5.74) is 2.80. The van der Waals surface area contributed by atoms with Crippen molar-refractivity contribution in [3.05, 3.63) is 94.7 Å². The van der Waals surface area contributed by atoms with Gasteiger partial charge in [-0.25, -0.2) is 4.90 Å². The molecule has 1 aliphatic rings. The first-order valence-corrected chi connectivity index (χ1v) is 11.9. The maximum atomic E-state index is 13.0. The second-order valence-corrected chi connectivity index (χ2v) is 8.62. The minimum atomic E-state index is -0.622. The maximum absolute atomic E-state index is 13.0. The third-order valence-electron chi connectivity index (χ3n) is 5.60. The Kier molecular flexibility index (Phi) is 7.69. The highest BCUT2D eigenvalue weighted by molar-refractivity contribution is 6.53. The Morgan fingerprint density at radius 3 is 2.08 bits per heavy atom. The summed E-state index contributed by atoms with van der Waals surface area (Å²) < 4.78 is 5.40. The predicted octanol–water partition coefficient (Wildman–Crippen LogP) is 4.90. The Hall–Kier alpha value is -4.43. The van der Waals surface area contributed by atoms with Crippen LogP contribution in [0.2, 0.25) is 0 Å². The van der Waals surface area contributed by atoms with Crippen molar-refractivity contribution in [1.29, 1.82) is 0 Å². The Morgan fingerprint density at radius 2 is 1.49 bits per heavy atom. The van der Waals surface area contributed by atoms with E-state index in [2.05, 4.69) is 10.6 Å². The van der Waals surface area contributed by atoms with Gasteiger partial charge in [0.1, 0.15) is 16.5 Å². The minimum absolute atomic E-state index is 0.0277. The summed E-state index contributed by atoms with van der Waals surface area (Å²) >= 11 is 6.21. The molecule has 4 rings (SSSR count). The van der Waals surface area contributed by atoms with E-state index in [0.29, 0.717) is 35.0 Å². The molecule has 0 fully saturated rings. The molecule has 188 valence electrons. The number of carbonyl (C=O) groups is 4. The number of Topliss-reactive ketones (excluding diaryl/α,β-unsaturated/α-hetero) is 1. The number of anilines is 3. The molecule has 0 bridgehead atoms. The Labute approximate surface area is 218 Å². The van der Waals surface area contributed by atoms with Crippen LogP contribution in [0.4, 0.5) is 17.1 Å². The molecule has 3 amide bonds. The van der Waals surface area contributed by atoms with E-state index in [9.17, 15) is 19.2 Å². The van der Waals surface area contributed by atoms with Gasteiger partial charge in [0, 0.05) is 16.9 Å². The number of hydrogen-bond donors (Lipinski definition) is 2. The summed E-state index contributed by atoms with van der Waals surface area (Å²) in [6.45, 7) is 3.85. The molecule has 1 aliphatic heterocycles. The quantitative estimate of drug-likeness (QED) is 0.309. The van der Waals surface area contributed by atoms with Crippen LogP contribution in [-0.2, 0) is 20.8 Å². The molecule has 8 nitrogen and oxygen atoms in total. The lowest BCUT2D eigenvalue weighted by Gasteiger charge is -2.15. The van der Waals surface area contributed by atoms with Crippen LogP contribution < -0.4 is 20.3 Å². The van der Waals surface area contributed by atoms with Crippen molar-refractivity contribution < 1.29 is 23.9 Å². The number of carbonyl (C=O) groups excluding carboxylic acids is 4. The van der Waals surface area contributed by atoms with Crippen LogP contribution in [0.3, 0.4) is 0 Å². The fourth-order valence-corrected chi connectivity index (χ4v) is 3.95. The highest BCUT2D eigenvalue weighted by atomic mass is 35.5. The van der Waals surface area contributed by atoms with E-state index in [0.717, 1.165) is 10.5 Å². The molecule has 1 heterocycles. The highest BCUT2D eigenvalue weighted by Gasteiger charge is 2.38. The van der Waals surface area contributed by atoms with Crippen molar-refractivity contribution in [2.75, 3.05) is 22.1 Å². The lowest BCUT2D eigenvalue weighted by molar-refractivity contribution is -0.120. The van der Waals surface area contributed by atoms with Crippen LogP contribution >= 0.6 is 11.6 Å². The smallest absolute Gasteiger partial charge is 0.283 e. The summed E-state index contributed by atoms with van der Waals surface area (Å²) in [7, 11) is 0. The first-order chi connectivity index (χ1) is 17.8. The van der Waals surface area contributed by atoms with Crippen LogP contribution in [0.25, 0.3) is 0 Å². The van der Waals surface area contributed by atoms with Crippen LogP contribution in [-0.4, -0.2) is 30.1 Å². The SMILES string of the molecule is CCOc1ccc(N2C(=O)C(Cl)=C(Nc3ccc(CC(=O)Nc4ccc(C(C)=O)cc4)cc3)C2=O)cc1. The minimum Gasteiger partial charge on any atom is -0.494 e. The Morgan fingerprint density at radius 1 is 0.865 bits per heavy atom. The Balaban J connectivity index is 1.38. The van der Waals surface area contributed by atoms with Crippen LogP contribution in [0.5, 0.6) is 5.75 Å². The number of imide groups is 1. The van der Waals surface area contributed by atoms with Crippen molar-refractivity contribution >= 4 is 52.2 Å². The third-order valence-corrected chi connectivity index (χ3v) is 5.95. The zero-order valence-corrected chi connectivity index (χ0v) is 21.0. The van der Waals surface area contributed by atoms with Gasteiger partial charge in [-0.3, -0.25) is 19.2 Å². The molecule has 0 atom stereocenters. The van der Waals surface area contributed by atoms with Gasteiger partial charge < -0.3 is 15.4 Å². The van der Waals surface area contributed by atoms with Crippen LogP contribution in [0.15, 0.2) is 83.5 Å². The van der Waals surface area contributed by atoms with Gasteiger partial charge in [0.15, 0.2) is 5.78 Å². The van der Waals surface area contributed by atoms with Gasteiger partial charge in [0.05, 0.1) is 18.7 Å². The van der Waals surface area contributed by atoms with E-state index >= 15 is 0 Å². The van der Waals surface area contributed by atoms with Crippen molar-refractivity contribution in [2.24, 2.45) is 0 Å². The molecule has 3 aromatic rings. The van der Waals surface area contributed by atoms with Crippen molar-refractivity contribution in [2.45, 2.75) is 20.3 Å². The van der Waals surface area contributed by atoms with E-state index < -0.39 is 11.8 Å². The number of rotatable bonds is 9. The second kappa shape index (κ2) is 11.1. The number of hydrogen-bond acceptors (Lipinski definition) is 6. The fourth-order valence-electron chi connectivity index (χ4n) is 3.73. The number of ether oxygens (including phenoxy) is 1. The normalized spacial score (nSPS) is 13.1. The van der Waals surface area contributed by atoms with Crippen molar-refractivity contribution in [1.82, 2.24) is 0 Å². The van der Waals surface area contributed by atoms with E-state index in [-0.39, 0.29) is 28.8 Å². The van der Waals surface area contributed by atoms with Crippen molar-refractivity contribution in [3.8, 4) is 5.75 Å². The molecule has 0 spiro atoms. The number of benzene rings is 3. The summed E-state index contributed by atoms with van der Waals surface area (Å²) in [5, 5.41) is 5.50. The Bertz CT molecular complexity index is 1380. The lowest BCUT2D eigenvalue weighted by Crippen LogP contribution is -2.32. The summed E-state index contributed by atoms with van der Waals surface area (Å²) in [6.07, 6.45) is 0.126. The molecule has 0 aliphatic carbocycles. The summed E-state index contributed by atoms with van der Waals surface area (Å²) in [4.78, 5) is 50.5. The standard InChI is InChI=1S/C28H24ClN3O5/c1-3-37-23-14-12-22(13-15-23)32-27(35)25(29)26(28(32)36)31-21-8-4-18(5-9-21)16-24(34)30-20-10-6-19(7-11-20)17(2)33/h4-15,31H,3,16H2,1-2H3,(H,30,34). The summed E-state index contributed by atoms with van der Waals surface area (Å²) in [6, 6.07) is 20.1. The first kappa shape index (κ1) is 25.7. The summed E-state index contributed by atoms with van der Waals surface area (Å²) in [5.74, 6) is -0.829. The first-order valence-electron chi connectivity index (χ1n) is 11.5. The van der Waals surface area contributed by atoms with E-state index in [1.807, 2.05) is 6.92 Å². The lowest BCUT2D eigenvalue weighted by atomic mass is 10.1. The highest BCUT2D eigenvalue weighted by Crippen LogP contribution is 2.31. The van der Waals surface area contributed by atoms with E-state index in [1.165, 1.54) is 6.92 Å². The number of nitrogens with zero attached hydrogens (tertiary/aromatic N) is 1. The topological polar surface area (TPSA) is 105 Å². The average molecular weight is 518 g/mol. The molecule has 0 saturated carbocycles. The molecule has 0 saturated heterocycles. The number of halogens is 1. The van der Waals surface area contributed by atoms with Gasteiger partial charge in [-0.15, -0.1) is 0 Å². The number of nitrogens with one attached hydrogen (secondary N) is 2. The molecular formula is C28H24ClN3O5. The molecule has 37 heavy (non-hydrogen) atoms. The zero-order chi connectivity index (χ0) is 26.5. The van der Waals surface area contributed by atoms with Gasteiger partial charge in [0.25, 0.3) is 11.8 Å². The molecule has 2 N–H and O–H groups in total. The van der Waals surface area contributed by atoms with Crippen molar-refractivity contribution in [3.63, 3.8) is 0 Å². The zero-order valence-electron chi connectivity index (χ0n) is 20.2. The molecule has 0 radical (unpaired) electrons. The molecule has 3 aromatic carbocycles. The monoisotopic (exact) mass is 517 g/mol. The molecular weight excluding hydrogens is 494 g/mol. The van der Waals surface area contributed by atoms with Gasteiger partial charge in [-0.1, -0.05) is 23.7 Å². The molecule has 0 unspecified atom stereocenters. The largest absolute Gasteiger partial charge is 0.494 e. The van der Waals surface area contributed by atoms with Crippen LogP contribution in [0, 0.1) is 0 Å². The number of amides is 3. The maximum Gasteiger partial charge on any atom is 0.283 e. The van der Waals surface area contributed by atoms with Gasteiger partial charge >= 0.3 is 0 Å². The van der Waals surface area contributed by atoms with Gasteiger partial charge in [-0.2, -0.15) is 0 Å². The van der Waals surface area contributed by atoms with E-state index in [4.69, 9.17) is 16.3 Å². The third kappa shape index (κ3) is 5.87. The predicted molar refractivity (Wildman–Crippen MR) is 142 cm³/mol. The van der Waals surface area contributed by atoms with E-state index in [1.54, 1.807) is 72.8 Å². The van der Waals surface area contributed by atoms with Gasteiger partial charge in [0.2, 0.25) is 5.91 Å². The molecule has 0 aromatic heterocycles. The van der Waals surface area contributed by atoms with Gasteiger partial charge in [-0.05, 0) is 80.1 Å². The average Bonchev–Trinajstić information content (AvgIpc) is 3.09. The second-order valence-electron chi connectivity index (χ2n) is 8.24.